The molecule has 0 amide bonds. The number of carboxylic acids is 2. The summed E-state index contributed by atoms with van der Waals surface area (Å²) in [5, 5.41) is 15.8. The monoisotopic (exact) mass is 442 g/mol. The highest BCUT2D eigenvalue weighted by molar-refractivity contribution is 5.87. The van der Waals surface area contributed by atoms with Gasteiger partial charge in [0.1, 0.15) is 12.7 Å². The van der Waals surface area contributed by atoms with Crippen molar-refractivity contribution in [3.8, 4) is 0 Å². The molecule has 0 aromatic carbocycles. The number of rotatable bonds is 10. The molecule has 2 atom stereocenters. The highest BCUT2D eigenvalue weighted by atomic mass is 16.6. The summed E-state index contributed by atoms with van der Waals surface area (Å²) in [7, 11) is 0. The van der Waals surface area contributed by atoms with Gasteiger partial charge < -0.3 is 24.4 Å². The zero-order chi connectivity index (χ0) is 25.3. The van der Waals surface area contributed by atoms with Gasteiger partial charge in [-0.05, 0) is 41.5 Å². The molecule has 2 N–H and O–H groups in total. The van der Waals surface area contributed by atoms with Crippen LogP contribution >= 0.6 is 0 Å². The molecule has 0 aromatic rings. The third-order valence-corrected chi connectivity index (χ3v) is 2.80. The van der Waals surface area contributed by atoms with Gasteiger partial charge >= 0.3 is 23.9 Å². The molecule has 31 heavy (non-hydrogen) atoms. The standard InChI is InChI=1S/C14H22O5.2C4H6O2/c1-9(2)13(15)18-7-11(5)17-8-12(6)19-14(16)10(3)4;2*1-3(2)4(5)6/h11-12H,1,3,7-8H2,2,4-6H3;2*1H2,2H3,(H,5,6). The van der Waals surface area contributed by atoms with Crippen molar-refractivity contribution >= 4 is 23.9 Å². The van der Waals surface area contributed by atoms with Crippen LogP contribution in [0.2, 0.25) is 0 Å². The third-order valence-electron chi connectivity index (χ3n) is 2.80. The molecule has 9 nitrogen and oxygen atoms in total. The summed E-state index contributed by atoms with van der Waals surface area (Å²) in [6, 6.07) is 0. The van der Waals surface area contributed by atoms with Crippen molar-refractivity contribution in [2.45, 2.75) is 53.8 Å². The fourth-order valence-corrected chi connectivity index (χ4v) is 0.981. The number of carbonyl (C=O) groups excluding carboxylic acids is 2. The molecule has 0 heterocycles. The van der Waals surface area contributed by atoms with E-state index in [1.165, 1.54) is 13.8 Å². The molecule has 0 aliphatic heterocycles. The van der Waals surface area contributed by atoms with E-state index in [4.69, 9.17) is 24.4 Å². The first kappa shape index (κ1) is 32.5. The Morgan fingerprint density at radius 1 is 0.677 bits per heavy atom. The van der Waals surface area contributed by atoms with Crippen LogP contribution < -0.4 is 0 Å². The van der Waals surface area contributed by atoms with Crippen LogP contribution in [0.5, 0.6) is 0 Å². The number of carboxylic acid groups (broad SMARTS) is 2. The van der Waals surface area contributed by atoms with E-state index in [9.17, 15) is 19.2 Å². The summed E-state index contributed by atoms with van der Waals surface area (Å²) in [5.74, 6) is -2.76. The van der Waals surface area contributed by atoms with Gasteiger partial charge in [-0.15, -0.1) is 0 Å². The predicted octanol–water partition coefficient (Wildman–Crippen LogP) is 3.31. The molecule has 0 spiro atoms. The molecular weight excluding hydrogens is 408 g/mol. The van der Waals surface area contributed by atoms with Crippen LogP contribution in [-0.4, -0.2) is 59.5 Å². The molecule has 0 rings (SSSR count). The zero-order valence-corrected chi connectivity index (χ0v) is 19.1. The van der Waals surface area contributed by atoms with Gasteiger partial charge in [-0.25, -0.2) is 19.2 Å². The Kier molecular flexibility index (Phi) is 18.5. The Morgan fingerprint density at radius 2 is 1.03 bits per heavy atom. The van der Waals surface area contributed by atoms with Gasteiger partial charge in [-0.2, -0.15) is 0 Å². The zero-order valence-electron chi connectivity index (χ0n) is 19.1. The van der Waals surface area contributed by atoms with Gasteiger partial charge in [0.2, 0.25) is 0 Å². The van der Waals surface area contributed by atoms with Gasteiger partial charge in [-0.3, -0.25) is 0 Å². The molecular formula is C22H34O9. The van der Waals surface area contributed by atoms with Crippen molar-refractivity contribution in [1.82, 2.24) is 0 Å². The molecule has 0 saturated carbocycles. The smallest absolute Gasteiger partial charge is 0.333 e. The Bertz CT molecular complexity index is 641. The van der Waals surface area contributed by atoms with E-state index in [-0.39, 0.29) is 36.6 Å². The van der Waals surface area contributed by atoms with Crippen molar-refractivity contribution in [3.05, 3.63) is 48.6 Å². The van der Waals surface area contributed by atoms with Gasteiger partial charge in [0.25, 0.3) is 0 Å². The summed E-state index contributed by atoms with van der Waals surface area (Å²) in [6.45, 7) is 23.2. The van der Waals surface area contributed by atoms with Crippen LogP contribution in [0.15, 0.2) is 48.6 Å². The van der Waals surface area contributed by atoms with Gasteiger partial charge in [0.15, 0.2) is 0 Å². The van der Waals surface area contributed by atoms with Crippen molar-refractivity contribution in [3.63, 3.8) is 0 Å². The summed E-state index contributed by atoms with van der Waals surface area (Å²) in [5.41, 5.74) is 1.04. The number of ether oxygens (including phenoxy) is 3. The quantitative estimate of drug-likeness (QED) is 0.385. The van der Waals surface area contributed by atoms with Crippen LogP contribution in [0.1, 0.15) is 41.5 Å². The maximum Gasteiger partial charge on any atom is 0.333 e. The van der Waals surface area contributed by atoms with Crippen LogP contribution in [-0.2, 0) is 33.4 Å². The number of hydrogen-bond donors (Lipinski definition) is 2. The highest BCUT2D eigenvalue weighted by Crippen LogP contribution is 2.02. The van der Waals surface area contributed by atoms with E-state index in [1.807, 2.05) is 0 Å². The second-order valence-corrected chi connectivity index (χ2v) is 6.69. The van der Waals surface area contributed by atoms with E-state index in [0.717, 1.165) is 0 Å². The molecule has 0 aliphatic carbocycles. The van der Waals surface area contributed by atoms with Crippen LogP contribution in [0, 0.1) is 0 Å². The largest absolute Gasteiger partial charge is 0.478 e. The minimum Gasteiger partial charge on any atom is -0.478 e. The van der Waals surface area contributed by atoms with E-state index < -0.39 is 23.9 Å². The Hall–Kier alpha value is -3.20. The van der Waals surface area contributed by atoms with Crippen molar-refractivity contribution < 1.29 is 43.6 Å². The SMILES string of the molecule is C=C(C)C(=O)O.C=C(C)C(=O)O.C=C(C)C(=O)OCC(C)OCC(C)OC(=O)C(=C)C. The maximum absolute atomic E-state index is 11.2. The summed E-state index contributed by atoms with van der Waals surface area (Å²) in [6.07, 6.45) is -0.669. The summed E-state index contributed by atoms with van der Waals surface area (Å²) >= 11 is 0. The second kappa shape index (κ2) is 17.6. The average Bonchev–Trinajstić information content (AvgIpc) is 2.64. The van der Waals surface area contributed by atoms with Gasteiger partial charge in [-0.1, -0.05) is 26.3 Å². The second-order valence-electron chi connectivity index (χ2n) is 6.69. The molecule has 9 heteroatoms. The van der Waals surface area contributed by atoms with Crippen LogP contribution in [0.25, 0.3) is 0 Å². The first-order valence-corrected chi connectivity index (χ1v) is 9.11. The lowest BCUT2D eigenvalue weighted by molar-refractivity contribution is -0.149. The lowest BCUT2D eigenvalue weighted by atomic mass is 10.3. The van der Waals surface area contributed by atoms with Crippen molar-refractivity contribution in [2.75, 3.05) is 13.2 Å². The van der Waals surface area contributed by atoms with Gasteiger partial charge in [0, 0.05) is 22.3 Å². The topological polar surface area (TPSA) is 136 Å². The van der Waals surface area contributed by atoms with Crippen molar-refractivity contribution in [2.24, 2.45) is 0 Å². The number of carbonyl (C=O) groups is 4. The predicted molar refractivity (Wildman–Crippen MR) is 116 cm³/mol. The normalized spacial score (nSPS) is 11.0. The van der Waals surface area contributed by atoms with E-state index in [1.54, 1.807) is 27.7 Å². The highest BCUT2D eigenvalue weighted by Gasteiger charge is 2.13. The van der Waals surface area contributed by atoms with E-state index in [2.05, 4.69) is 26.3 Å². The Morgan fingerprint density at radius 3 is 1.32 bits per heavy atom. The molecule has 2 unspecified atom stereocenters. The minimum atomic E-state index is -0.935. The molecule has 0 fully saturated rings. The molecule has 0 aromatic heterocycles. The van der Waals surface area contributed by atoms with Crippen LogP contribution in [0.4, 0.5) is 0 Å². The summed E-state index contributed by atoms with van der Waals surface area (Å²) in [4.78, 5) is 41.6. The molecule has 0 aliphatic rings. The molecule has 0 radical (unpaired) electrons. The average molecular weight is 443 g/mol. The van der Waals surface area contributed by atoms with E-state index in [0.29, 0.717) is 11.1 Å². The minimum absolute atomic E-state index is 0.132. The molecule has 0 bridgehead atoms. The van der Waals surface area contributed by atoms with Crippen LogP contribution in [0.3, 0.4) is 0 Å². The molecule has 176 valence electrons. The lowest BCUT2D eigenvalue weighted by Crippen LogP contribution is -2.26. The molecule has 0 saturated heterocycles. The first-order valence-electron chi connectivity index (χ1n) is 9.11. The first-order chi connectivity index (χ1) is 14.0. The number of esters is 2. The Balaban J connectivity index is -0.000000532. The van der Waals surface area contributed by atoms with E-state index >= 15 is 0 Å². The fourth-order valence-electron chi connectivity index (χ4n) is 0.981. The number of aliphatic carboxylic acids is 2. The third kappa shape index (κ3) is 22.9. The lowest BCUT2D eigenvalue weighted by Gasteiger charge is -2.17. The fraction of sp³-hybridized carbons (Fsp3) is 0.455. The summed E-state index contributed by atoms with van der Waals surface area (Å²) < 4.78 is 15.4. The Labute approximate surface area is 183 Å². The maximum atomic E-state index is 11.2. The van der Waals surface area contributed by atoms with Gasteiger partial charge in [0.05, 0.1) is 12.7 Å². The number of hydrogen-bond acceptors (Lipinski definition) is 7. The van der Waals surface area contributed by atoms with Crippen molar-refractivity contribution in [1.29, 1.82) is 0 Å².